The number of nitrogens with one attached hydrogen (secondary N) is 1. The van der Waals surface area contributed by atoms with Crippen LogP contribution in [0.1, 0.15) is 57.8 Å². The zero-order chi connectivity index (χ0) is 23.7. The maximum absolute atomic E-state index is 12.0. The number of amides is 2. The molecule has 3 heterocycles. The molecule has 2 fully saturated rings. The van der Waals surface area contributed by atoms with E-state index in [4.69, 9.17) is 25.8 Å². The van der Waals surface area contributed by atoms with Gasteiger partial charge in [-0.1, -0.05) is 11.8 Å². The topological polar surface area (TPSA) is 129 Å². The van der Waals surface area contributed by atoms with Crippen molar-refractivity contribution in [3.05, 3.63) is 21.8 Å². The molecule has 1 saturated heterocycles. The van der Waals surface area contributed by atoms with E-state index in [0.717, 1.165) is 69.4 Å². The molecule has 1 unspecified atom stereocenters. The number of ether oxygens (including phenoxy) is 2. The van der Waals surface area contributed by atoms with Gasteiger partial charge < -0.3 is 20.9 Å². The Morgan fingerprint density at radius 3 is 2.56 bits per heavy atom. The van der Waals surface area contributed by atoms with Gasteiger partial charge in [-0.3, -0.25) is 19.3 Å². The third-order valence-corrected chi connectivity index (χ3v) is 9.21. The number of carbonyl (C=O) groups is 2. The van der Waals surface area contributed by atoms with Crippen molar-refractivity contribution in [1.82, 2.24) is 10.4 Å². The van der Waals surface area contributed by atoms with Crippen molar-refractivity contribution in [3.8, 4) is 0 Å². The van der Waals surface area contributed by atoms with Gasteiger partial charge in [0.15, 0.2) is 5.44 Å². The number of nitrogens with two attached hydrogens (primary N) is 2. The summed E-state index contributed by atoms with van der Waals surface area (Å²) in [6.07, 6.45) is 7.04. The quantitative estimate of drug-likeness (QED) is 0.490. The van der Waals surface area contributed by atoms with Crippen molar-refractivity contribution in [2.45, 2.75) is 74.9 Å². The van der Waals surface area contributed by atoms with Crippen LogP contribution in [0.15, 0.2) is 21.8 Å². The fraction of sp³-hybridized carbons (Fsp3) is 0.750. The number of hydrogen-bond acceptors (Lipinski definition) is 8. The predicted octanol–water partition coefficient (Wildman–Crippen LogP) is 1.68. The molecule has 0 aromatic heterocycles. The summed E-state index contributed by atoms with van der Waals surface area (Å²) in [6.45, 7) is 3.77. The van der Waals surface area contributed by atoms with Crippen LogP contribution in [0.5, 0.6) is 0 Å². The van der Waals surface area contributed by atoms with E-state index >= 15 is 0 Å². The molecule has 5 aliphatic rings. The third-order valence-electron chi connectivity index (χ3n) is 7.95. The van der Waals surface area contributed by atoms with E-state index < -0.39 is 0 Å². The second kappa shape index (κ2) is 10.2. The van der Waals surface area contributed by atoms with Crippen LogP contribution in [0.2, 0.25) is 0 Å². The lowest BCUT2D eigenvalue weighted by Crippen LogP contribution is -2.57. The van der Waals surface area contributed by atoms with Crippen LogP contribution in [0.3, 0.4) is 0 Å². The standard InChI is InChI=1S/C24H36N4O5S/c25-19(29)13-15-1-2-18-21(15)22-17(5-8-27-33-23(22)34-18)32-16-3-6-24(7-4-16,14-20(26)30)28-9-11-31-12-10-28/h15-16,23,27H,1-14H2,(H2,25,29)(H2,26,30)/t15-,16?,23?,24?/m1/s1. The lowest BCUT2D eigenvalue weighted by Gasteiger charge is -2.49. The first-order valence-electron chi connectivity index (χ1n) is 12.5. The second-order valence-electron chi connectivity index (χ2n) is 10.1. The molecule has 188 valence electrons. The first-order valence-corrected chi connectivity index (χ1v) is 13.4. The molecule has 10 heteroatoms. The molecular weight excluding hydrogens is 456 g/mol. The van der Waals surface area contributed by atoms with E-state index in [1.807, 2.05) is 0 Å². The van der Waals surface area contributed by atoms with E-state index in [9.17, 15) is 9.59 Å². The van der Waals surface area contributed by atoms with E-state index in [1.54, 1.807) is 11.8 Å². The third kappa shape index (κ3) is 4.88. The monoisotopic (exact) mass is 492 g/mol. The van der Waals surface area contributed by atoms with Gasteiger partial charge >= 0.3 is 0 Å². The van der Waals surface area contributed by atoms with Crippen LogP contribution in [-0.2, 0) is 23.9 Å². The fourth-order valence-electron chi connectivity index (χ4n) is 6.40. The lowest BCUT2D eigenvalue weighted by atomic mass is 9.76. The Morgan fingerprint density at radius 1 is 1.09 bits per heavy atom. The van der Waals surface area contributed by atoms with Crippen LogP contribution >= 0.6 is 11.8 Å². The number of hydrogen-bond donors (Lipinski definition) is 3. The Balaban J connectivity index is 1.33. The van der Waals surface area contributed by atoms with Gasteiger partial charge in [-0.15, -0.1) is 0 Å². The number of carbonyl (C=O) groups excluding carboxylic acids is 2. The maximum atomic E-state index is 12.0. The van der Waals surface area contributed by atoms with E-state index in [2.05, 4.69) is 10.4 Å². The Morgan fingerprint density at radius 2 is 1.85 bits per heavy atom. The Labute approximate surface area is 204 Å². The minimum atomic E-state index is -0.260. The Kier molecular flexibility index (Phi) is 7.22. The van der Waals surface area contributed by atoms with Gasteiger partial charge in [0, 0.05) is 50.0 Å². The zero-order valence-corrected chi connectivity index (χ0v) is 20.5. The van der Waals surface area contributed by atoms with Crippen molar-refractivity contribution in [2.75, 3.05) is 32.8 Å². The van der Waals surface area contributed by atoms with Crippen LogP contribution in [0.25, 0.3) is 0 Å². The maximum Gasteiger partial charge on any atom is 0.219 e. The second-order valence-corrected chi connectivity index (χ2v) is 11.2. The predicted molar refractivity (Wildman–Crippen MR) is 128 cm³/mol. The number of rotatable bonds is 7. The normalized spacial score (nSPS) is 34.5. The van der Waals surface area contributed by atoms with Gasteiger partial charge in [-0.25, -0.2) is 5.48 Å². The van der Waals surface area contributed by atoms with Crippen molar-refractivity contribution in [2.24, 2.45) is 17.4 Å². The molecule has 0 bridgehead atoms. The fourth-order valence-corrected chi connectivity index (χ4v) is 7.79. The molecule has 5 rings (SSSR count). The van der Waals surface area contributed by atoms with Crippen LogP contribution < -0.4 is 16.9 Å². The van der Waals surface area contributed by atoms with Gasteiger partial charge in [0.2, 0.25) is 11.8 Å². The minimum absolute atomic E-state index is 0.0916. The summed E-state index contributed by atoms with van der Waals surface area (Å²) in [6, 6.07) is 0. The molecule has 3 aliphatic heterocycles. The molecule has 0 aromatic carbocycles. The lowest BCUT2D eigenvalue weighted by molar-refractivity contribution is -0.125. The average Bonchev–Trinajstić information content (AvgIpc) is 3.30. The van der Waals surface area contributed by atoms with Crippen molar-refractivity contribution < 1.29 is 23.9 Å². The summed E-state index contributed by atoms with van der Waals surface area (Å²) >= 11 is 1.74. The van der Waals surface area contributed by atoms with Crippen molar-refractivity contribution >= 4 is 23.6 Å². The SMILES string of the molecule is NC(=O)C[C@H]1CCC2=C1C1=C(OC3CCC(CC(N)=O)(N4CCOCC4)CC3)CCNOC1S2. The Bertz CT molecular complexity index is 877. The molecule has 2 atom stereocenters. The van der Waals surface area contributed by atoms with Crippen molar-refractivity contribution in [1.29, 1.82) is 0 Å². The number of morpholine rings is 1. The molecule has 0 aromatic rings. The van der Waals surface area contributed by atoms with E-state index in [1.165, 1.54) is 10.5 Å². The number of thioether (sulfide) groups is 1. The zero-order valence-electron chi connectivity index (χ0n) is 19.7. The molecule has 9 nitrogen and oxygen atoms in total. The highest BCUT2D eigenvalue weighted by atomic mass is 32.2. The largest absolute Gasteiger partial charge is 0.494 e. The van der Waals surface area contributed by atoms with E-state index in [-0.39, 0.29) is 34.8 Å². The van der Waals surface area contributed by atoms with Crippen molar-refractivity contribution in [3.63, 3.8) is 0 Å². The molecule has 5 N–H and O–H groups in total. The number of nitrogens with zero attached hydrogens (tertiary/aromatic N) is 1. The molecule has 34 heavy (non-hydrogen) atoms. The molecule has 0 radical (unpaired) electrons. The van der Waals surface area contributed by atoms with E-state index in [0.29, 0.717) is 32.6 Å². The van der Waals surface area contributed by atoms with Gasteiger partial charge in [0.05, 0.1) is 19.3 Å². The molecule has 2 amide bonds. The molecule has 0 spiro atoms. The van der Waals surface area contributed by atoms with Gasteiger partial charge in [-0.05, 0) is 54.9 Å². The van der Waals surface area contributed by atoms with Crippen LogP contribution in [0, 0.1) is 5.92 Å². The van der Waals surface area contributed by atoms with Crippen LogP contribution in [0.4, 0.5) is 0 Å². The highest BCUT2D eigenvalue weighted by Gasteiger charge is 2.45. The number of allylic oxidation sites excluding steroid dienone is 1. The first-order chi connectivity index (χ1) is 16.4. The molecule has 2 aliphatic carbocycles. The summed E-state index contributed by atoms with van der Waals surface area (Å²) in [7, 11) is 0. The summed E-state index contributed by atoms with van der Waals surface area (Å²) < 4.78 is 12.2. The van der Waals surface area contributed by atoms with Crippen LogP contribution in [-0.4, -0.2) is 66.6 Å². The van der Waals surface area contributed by atoms with Gasteiger partial charge in [-0.2, -0.15) is 0 Å². The average molecular weight is 493 g/mol. The molecule has 1 saturated carbocycles. The summed E-state index contributed by atoms with van der Waals surface area (Å²) in [5.74, 6) is 0.637. The van der Waals surface area contributed by atoms with Gasteiger partial charge in [0.1, 0.15) is 5.76 Å². The summed E-state index contributed by atoms with van der Waals surface area (Å²) in [4.78, 5) is 33.3. The highest BCUT2D eigenvalue weighted by Crippen LogP contribution is 2.55. The summed E-state index contributed by atoms with van der Waals surface area (Å²) in [5.41, 5.74) is 16.3. The first kappa shape index (κ1) is 24.1. The van der Waals surface area contributed by atoms with Gasteiger partial charge in [0.25, 0.3) is 0 Å². The number of hydroxylamine groups is 1. The summed E-state index contributed by atoms with van der Waals surface area (Å²) in [5, 5.41) is 0. The number of primary amides is 2. The smallest absolute Gasteiger partial charge is 0.219 e. The highest BCUT2D eigenvalue weighted by molar-refractivity contribution is 8.04. The minimum Gasteiger partial charge on any atom is -0.494 e. The Hall–Kier alpha value is -1.59. The molecular formula is C24H36N4O5S. The number of fused-ring (bicyclic) bond motifs is 2.